The lowest BCUT2D eigenvalue weighted by molar-refractivity contribution is -0.150. The Morgan fingerprint density at radius 1 is 1.00 bits per heavy atom. The average molecular weight is 457 g/mol. The smallest absolute Gasteiger partial charge is 0.326 e. The lowest BCUT2D eigenvalue weighted by Gasteiger charge is -2.29. The van der Waals surface area contributed by atoms with E-state index in [1.807, 2.05) is 13.8 Å². The van der Waals surface area contributed by atoms with E-state index in [1.54, 1.807) is 13.8 Å². The van der Waals surface area contributed by atoms with Crippen molar-refractivity contribution in [2.45, 2.75) is 84.0 Å². The maximum Gasteiger partial charge on any atom is 0.326 e. The monoisotopic (exact) mass is 456 g/mol. The van der Waals surface area contributed by atoms with Crippen LogP contribution < -0.4 is 16.4 Å². The number of amides is 3. The summed E-state index contributed by atoms with van der Waals surface area (Å²) in [5.74, 6) is -4.19. The lowest BCUT2D eigenvalue weighted by atomic mass is 10.00. The van der Waals surface area contributed by atoms with Gasteiger partial charge in [-0.3, -0.25) is 19.2 Å². The summed E-state index contributed by atoms with van der Waals surface area (Å²) in [6, 6.07) is -4.02. The summed E-state index contributed by atoms with van der Waals surface area (Å²) in [7, 11) is 0. The van der Waals surface area contributed by atoms with E-state index in [2.05, 4.69) is 10.6 Å². The number of nitrogens with zero attached hydrogens (tertiary/aromatic N) is 1. The molecule has 6 N–H and O–H groups in total. The van der Waals surface area contributed by atoms with Crippen LogP contribution in [0.1, 0.15) is 59.8 Å². The average Bonchev–Trinajstić information content (AvgIpc) is 3.18. The van der Waals surface area contributed by atoms with Crippen molar-refractivity contribution in [1.82, 2.24) is 15.5 Å². The van der Waals surface area contributed by atoms with Gasteiger partial charge in [0.25, 0.3) is 0 Å². The Morgan fingerprint density at radius 3 is 2.09 bits per heavy atom. The standard InChI is InChI=1S/C21H36N4O7/c1-11(2)10-14(24-19(29)17(22)12(3)4)18(28)23-13(7-8-16(26)27)20(30)25-9-5-6-15(25)21(31)32/h11-15,17H,5-10,22H2,1-4H3,(H,23,28)(H,24,29)(H,26,27)(H,31,32). The number of hydrogen-bond acceptors (Lipinski definition) is 6. The van der Waals surface area contributed by atoms with Crippen LogP contribution in [0.3, 0.4) is 0 Å². The molecule has 1 saturated heterocycles. The number of nitrogens with one attached hydrogen (secondary N) is 2. The quantitative estimate of drug-likeness (QED) is 0.270. The molecule has 11 nitrogen and oxygen atoms in total. The van der Waals surface area contributed by atoms with Gasteiger partial charge in [-0.05, 0) is 37.5 Å². The molecule has 3 amide bonds. The Kier molecular flexibility index (Phi) is 10.6. The van der Waals surface area contributed by atoms with E-state index < -0.39 is 53.8 Å². The molecule has 0 bridgehead atoms. The minimum Gasteiger partial charge on any atom is -0.481 e. The third-order valence-electron chi connectivity index (χ3n) is 5.44. The van der Waals surface area contributed by atoms with Crippen molar-refractivity contribution in [3.05, 3.63) is 0 Å². The molecule has 0 radical (unpaired) electrons. The van der Waals surface area contributed by atoms with Gasteiger partial charge in [0.05, 0.1) is 6.04 Å². The number of aliphatic carboxylic acids is 2. The molecule has 1 rings (SSSR count). The molecule has 0 aromatic rings. The fourth-order valence-corrected chi connectivity index (χ4v) is 3.56. The van der Waals surface area contributed by atoms with Gasteiger partial charge in [-0.1, -0.05) is 27.7 Å². The largest absolute Gasteiger partial charge is 0.481 e. The maximum absolute atomic E-state index is 13.0. The van der Waals surface area contributed by atoms with Crippen LogP contribution >= 0.6 is 0 Å². The molecule has 1 aliphatic rings. The summed E-state index contributed by atoms with van der Waals surface area (Å²) in [5, 5.41) is 23.6. The number of carboxylic acid groups (broad SMARTS) is 2. The fraction of sp³-hybridized carbons (Fsp3) is 0.762. The van der Waals surface area contributed by atoms with Crippen LogP contribution in [0.2, 0.25) is 0 Å². The number of carboxylic acids is 2. The first-order chi connectivity index (χ1) is 14.8. The van der Waals surface area contributed by atoms with Crippen molar-refractivity contribution in [2.75, 3.05) is 6.54 Å². The molecule has 0 saturated carbocycles. The highest BCUT2D eigenvalue weighted by atomic mass is 16.4. The second kappa shape index (κ2) is 12.4. The SMILES string of the molecule is CC(C)CC(NC(=O)C(N)C(C)C)C(=O)NC(CCC(=O)O)C(=O)N1CCCC1C(=O)O. The highest BCUT2D eigenvalue weighted by Crippen LogP contribution is 2.20. The minimum absolute atomic E-state index is 0.0319. The molecular weight excluding hydrogens is 420 g/mol. The van der Waals surface area contributed by atoms with Gasteiger partial charge >= 0.3 is 11.9 Å². The first-order valence-electron chi connectivity index (χ1n) is 11.0. The first kappa shape index (κ1) is 27.3. The van der Waals surface area contributed by atoms with Gasteiger partial charge in [0, 0.05) is 13.0 Å². The highest BCUT2D eigenvalue weighted by molar-refractivity contribution is 5.94. The van der Waals surface area contributed by atoms with Crippen LogP contribution in [0.5, 0.6) is 0 Å². The third-order valence-corrected chi connectivity index (χ3v) is 5.44. The van der Waals surface area contributed by atoms with Crippen LogP contribution in [-0.2, 0) is 24.0 Å². The molecule has 0 spiro atoms. The van der Waals surface area contributed by atoms with Gasteiger partial charge in [-0.15, -0.1) is 0 Å². The molecule has 182 valence electrons. The summed E-state index contributed by atoms with van der Waals surface area (Å²) in [5.41, 5.74) is 5.87. The van der Waals surface area contributed by atoms with E-state index in [0.717, 1.165) is 0 Å². The predicted molar refractivity (Wildman–Crippen MR) is 115 cm³/mol. The Bertz CT molecular complexity index is 710. The Morgan fingerprint density at radius 2 is 1.59 bits per heavy atom. The molecule has 4 atom stereocenters. The van der Waals surface area contributed by atoms with Crippen LogP contribution in [0.15, 0.2) is 0 Å². The zero-order chi connectivity index (χ0) is 24.6. The second-order valence-electron chi connectivity index (χ2n) is 8.98. The normalized spacial score (nSPS) is 18.8. The van der Waals surface area contributed by atoms with Crippen LogP contribution in [0, 0.1) is 11.8 Å². The van der Waals surface area contributed by atoms with Gasteiger partial charge in [0.2, 0.25) is 17.7 Å². The van der Waals surface area contributed by atoms with Crippen LogP contribution in [-0.4, -0.2) is 75.5 Å². The van der Waals surface area contributed by atoms with Crippen LogP contribution in [0.4, 0.5) is 0 Å². The van der Waals surface area contributed by atoms with E-state index in [0.29, 0.717) is 12.8 Å². The van der Waals surface area contributed by atoms with Crippen molar-refractivity contribution in [3.63, 3.8) is 0 Å². The van der Waals surface area contributed by atoms with E-state index in [9.17, 15) is 29.1 Å². The van der Waals surface area contributed by atoms with E-state index in [1.165, 1.54) is 4.90 Å². The summed E-state index contributed by atoms with van der Waals surface area (Å²) >= 11 is 0. The van der Waals surface area contributed by atoms with Crippen LogP contribution in [0.25, 0.3) is 0 Å². The van der Waals surface area contributed by atoms with Crippen molar-refractivity contribution >= 4 is 29.7 Å². The molecule has 4 unspecified atom stereocenters. The van der Waals surface area contributed by atoms with E-state index in [-0.39, 0.29) is 37.6 Å². The van der Waals surface area contributed by atoms with Crippen molar-refractivity contribution in [3.8, 4) is 0 Å². The zero-order valence-corrected chi connectivity index (χ0v) is 19.2. The summed E-state index contributed by atoms with van der Waals surface area (Å²) in [4.78, 5) is 62.1. The molecule has 11 heteroatoms. The molecule has 0 aromatic heterocycles. The van der Waals surface area contributed by atoms with Crippen molar-refractivity contribution < 1.29 is 34.2 Å². The summed E-state index contributed by atoms with van der Waals surface area (Å²) < 4.78 is 0. The van der Waals surface area contributed by atoms with E-state index in [4.69, 9.17) is 10.8 Å². The number of nitrogens with two attached hydrogens (primary N) is 1. The maximum atomic E-state index is 13.0. The molecule has 1 fully saturated rings. The molecule has 32 heavy (non-hydrogen) atoms. The minimum atomic E-state index is -1.22. The zero-order valence-electron chi connectivity index (χ0n) is 19.2. The summed E-state index contributed by atoms with van der Waals surface area (Å²) in [6.07, 6.45) is 0.489. The number of carbonyl (C=O) groups excluding carboxylic acids is 3. The molecule has 1 aliphatic heterocycles. The van der Waals surface area contributed by atoms with Gasteiger partial charge in [-0.2, -0.15) is 0 Å². The molecule has 1 heterocycles. The Balaban J connectivity index is 3.03. The second-order valence-corrected chi connectivity index (χ2v) is 8.98. The molecular formula is C21H36N4O7. The third kappa shape index (κ3) is 8.10. The lowest BCUT2D eigenvalue weighted by Crippen LogP contribution is -2.57. The van der Waals surface area contributed by atoms with E-state index >= 15 is 0 Å². The Hall–Kier alpha value is -2.69. The molecule has 0 aromatic carbocycles. The number of hydrogen-bond donors (Lipinski definition) is 5. The topological polar surface area (TPSA) is 179 Å². The van der Waals surface area contributed by atoms with Crippen molar-refractivity contribution in [1.29, 1.82) is 0 Å². The fourth-order valence-electron chi connectivity index (χ4n) is 3.56. The Labute approximate surface area is 188 Å². The predicted octanol–water partition coefficient (Wildman–Crippen LogP) is -0.0742. The number of carbonyl (C=O) groups is 5. The van der Waals surface area contributed by atoms with Gasteiger partial charge in [0.1, 0.15) is 18.1 Å². The first-order valence-corrected chi connectivity index (χ1v) is 11.0. The summed E-state index contributed by atoms with van der Waals surface area (Å²) in [6.45, 7) is 7.49. The van der Waals surface area contributed by atoms with Gasteiger partial charge in [0.15, 0.2) is 0 Å². The van der Waals surface area contributed by atoms with Gasteiger partial charge < -0.3 is 31.5 Å². The highest BCUT2D eigenvalue weighted by Gasteiger charge is 2.38. The van der Waals surface area contributed by atoms with Crippen molar-refractivity contribution in [2.24, 2.45) is 17.6 Å². The number of likely N-dealkylation sites (tertiary alicyclic amines) is 1. The molecule has 0 aliphatic carbocycles. The van der Waals surface area contributed by atoms with Gasteiger partial charge in [-0.25, -0.2) is 4.79 Å². The number of rotatable bonds is 12.